The van der Waals surface area contributed by atoms with Gasteiger partial charge >= 0.3 is 0 Å². The third-order valence-corrected chi connectivity index (χ3v) is 6.35. The molecule has 0 aromatic heterocycles. The molecule has 0 amide bonds. The van der Waals surface area contributed by atoms with Gasteiger partial charge in [-0.05, 0) is 57.7 Å². The van der Waals surface area contributed by atoms with E-state index in [2.05, 4.69) is 94.1 Å². The number of aryl methyl sites for hydroxylation is 1. The lowest BCUT2D eigenvalue weighted by Gasteiger charge is -2.48. The summed E-state index contributed by atoms with van der Waals surface area (Å²) in [5.41, 5.74) is 3.86. The van der Waals surface area contributed by atoms with E-state index in [1.54, 1.807) is 0 Å². The largest absolute Gasteiger partial charge is 0.459 e. The molecule has 0 bridgehead atoms. The van der Waals surface area contributed by atoms with Gasteiger partial charge in [0, 0.05) is 17.1 Å². The first kappa shape index (κ1) is 17.3. The van der Waals surface area contributed by atoms with Gasteiger partial charge in [0.25, 0.3) is 0 Å². The molecule has 3 aromatic rings. The van der Waals surface area contributed by atoms with Crippen molar-refractivity contribution in [2.24, 2.45) is 4.99 Å². The van der Waals surface area contributed by atoms with Gasteiger partial charge in [-0.15, -0.1) is 0 Å². The molecule has 3 aromatic carbocycles. The first-order chi connectivity index (χ1) is 13.3. The Morgan fingerprint density at radius 3 is 2.57 bits per heavy atom. The van der Waals surface area contributed by atoms with E-state index in [-0.39, 0.29) is 11.5 Å². The van der Waals surface area contributed by atoms with E-state index >= 15 is 0 Å². The van der Waals surface area contributed by atoms with E-state index in [1.807, 2.05) is 6.21 Å². The SMILES string of the molecule is Cc1ccc2c(c1)C(C)(C)C1(C=Nc3c(ccc4ccccc34)O1)N2C(C)C. The number of hydrogen-bond donors (Lipinski definition) is 0. The quantitative estimate of drug-likeness (QED) is 0.513. The van der Waals surface area contributed by atoms with Crippen LogP contribution in [0.5, 0.6) is 5.75 Å². The summed E-state index contributed by atoms with van der Waals surface area (Å²) >= 11 is 0. The van der Waals surface area contributed by atoms with Crippen LogP contribution in [0.4, 0.5) is 11.4 Å². The van der Waals surface area contributed by atoms with Crippen LogP contribution < -0.4 is 9.64 Å². The van der Waals surface area contributed by atoms with Crippen molar-refractivity contribution in [1.29, 1.82) is 0 Å². The fraction of sp³-hybridized carbons (Fsp3) is 0.320. The van der Waals surface area contributed by atoms with Crippen LogP contribution >= 0.6 is 0 Å². The highest BCUT2D eigenvalue weighted by atomic mass is 16.5. The van der Waals surface area contributed by atoms with E-state index in [1.165, 1.54) is 22.2 Å². The molecular weight excluding hydrogens is 344 g/mol. The highest BCUT2D eigenvalue weighted by Gasteiger charge is 2.60. The molecule has 0 saturated carbocycles. The van der Waals surface area contributed by atoms with Crippen molar-refractivity contribution >= 4 is 28.4 Å². The minimum Gasteiger partial charge on any atom is -0.459 e. The molecule has 2 aliphatic rings. The van der Waals surface area contributed by atoms with Crippen molar-refractivity contribution in [3.63, 3.8) is 0 Å². The van der Waals surface area contributed by atoms with Gasteiger partial charge in [0.15, 0.2) is 0 Å². The summed E-state index contributed by atoms with van der Waals surface area (Å²) in [7, 11) is 0. The molecule has 0 aliphatic carbocycles. The summed E-state index contributed by atoms with van der Waals surface area (Å²) in [6.07, 6.45) is 2.04. The van der Waals surface area contributed by atoms with Crippen molar-refractivity contribution in [3.8, 4) is 5.75 Å². The summed E-state index contributed by atoms with van der Waals surface area (Å²) < 4.78 is 6.88. The van der Waals surface area contributed by atoms with Crippen LogP contribution in [0.3, 0.4) is 0 Å². The van der Waals surface area contributed by atoms with Gasteiger partial charge in [-0.25, -0.2) is 0 Å². The van der Waals surface area contributed by atoms with Crippen LogP contribution in [0.1, 0.15) is 38.8 Å². The molecule has 2 heterocycles. The monoisotopic (exact) mass is 370 g/mol. The standard InChI is InChI=1S/C25H26N2O/c1-16(2)27-21-12-10-17(3)14-20(21)24(4,5)25(27)15-26-23-19-9-7-6-8-18(19)11-13-22(23)28-25/h6-16H,1-5H3. The Bertz CT molecular complexity index is 1130. The average molecular weight is 370 g/mol. The summed E-state index contributed by atoms with van der Waals surface area (Å²) in [5.74, 6) is 0.851. The van der Waals surface area contributed by atoms with E-state index in [9.17, 15) is 0 Å². The first-order valence-corrected chi connectivity index (χ1v) is 10.0. The number of rotatable bonds is 1. The molecule has 1 spiro atoms. The molecule has 0 fully saturated rings. The number of aliphatic imine (C=N–C) groups is 1. The van der Waals surface area contributed by atoms with Crippen LogP contribution in [0, 0.1) is 6.92 Å². The van der Waals surface area contributed by atoms with Gasteiger partial charge in [-0.2, -0.15) is 0 Å². The van der Waals surface area contributed by atoms with Crippen molar-refractivity contribution in [2.75, 3.05) is 4.90 Å². The third-order valence-electron chi connectivity index (χ3n) is 6.35. The summed E-state index contributed by atoms with van der Waals surface area (Å²) in [5, 5.41) is 2.31. The Morgan fingerprint density at radius 2 is 1.79 bits per heavy atom. The average Bonchev–Trinajstić information content (AvgIpc) is 2.85. The van der Waals surface area contributed by atoms with Crippen molar-refractivity contribution in [2.45, 2.75) is 51.8 Å². The maximum absolute atomic E-state index is 6.88. The van der Waals surface area contributed by atoms with Crippen LogP contribution in [0.2, 0.25) is 0 Å². The summed E-state index contributed by atoms with van der Waals surface area (Å²) in [6.45, 7) is 11.1. The summed E-state index contributed by atoms with van der Waals surface area (Å²) in [6, 6.07) is 19.5. The van der Waals surface area contributed by atoms with Gasteiger partial charge in [0.05, 0.1) is 11.6 Å². The number of hydrogen-bond acceptors (Lipinski definition) is 3. The van der Waals surface area contributed by atoms with Gasteiger partial charge in [0.1, 0.15) is 11.4 Å². The van der Waals surface area contributed by atoms with Crippen LogP contribution in [-0.2, 0) is 5.41 Å². The fourth-order valence-electron chi connectivity index (χ4n) is 4.89. The highest BCUT2D eigenvalue weighted by molar-refractivity contribution is 5.99. The fourth-order valence-corrected chi connectivity index (χ4v) is 4.89. The second-order valence-electron chi connectivity index (χ2n) is 8.80. The molecule has 2 aliphatic heterocycles. The molecule has 3 heteroatoms. The lowest BCUT2D eigenvalue weighted by molar-refractivity contribution is 0.0725. The van der Waals surface area contributed by atoms with Crippen molar-refractivity contribution < 1.29 is 4.74 Å². The molecular formula is C25H26N2O. The smallest absolute Gasteiger partial charge is 0.229 e. The normalized spacial score (nSPS) is 21.9. The number of benzene rings is 3. The Morgan fingerprint density at radius 1 is 1.00 bits per heavy atom. The topological polar surface area (TPSA) is 24.8 Å². The Hall–Kier alpha value is -2.81. The third kappa shape index (κ3) is 2.07. The van der Waals surface area contributed by atoms with E-state index < -0.39 is 5.72 Å². The van der Waals surface area contributed by atoms with Gasteiger partial charge in [-0.1, -0.05) is 48.0 Å². The van der Waals surface area contributed by atoms with Gasteiger partial charge in [0.2, 0.25) is 5.72 Å². The molecule has 0 saturated heterocycles. The minimum absolute atomic E-state index is 0.245. The van der Waals surface area contributed by atoms with Crippen molar-refractivity contribution in [1.82, 2.24) is 0 Å². The van der Waals surface area contributed by atoms with Gasteiger partial charge < -0.3 is 9.64 Å². The number of ether oxygens (including phenoxy) is 1. The lowest BCUT2D eigenvalue weighted by Crippen LogP contribution is -2.64. The molecule has 142 valence electrons. The Kier molecular flexibility index (Phi) is 3.46. The maximum atomic E-state index is 6.88. The van der Waals surface area contributed by atoms with Crippen LogP contribution in [0.15, 0.2) is 59.6 Å². The number of fused-ring (bicyclic) bond motifs is 4. The molecule has 1 atom stereocenters. The van der Waals surface area contributed by atoms with E-state index in [4.69, 9.17) is 9.73 Å². The molecule has 0 N–H and O–H groups in total. The van der Waals surface area contributed by atoms with Crippen LogP contribution in [0.25, 0.3) is 10.8 Å². The molecule has 3 nitrogen and oxygen atoms in total. The predicted molar refractivity (Wildman–Crippen MR) is 117 cm³/mol. The Balaban J connectivity index is 1.74. The lowest BCUT2D eigenvalue weighted by atomic mass is 9.77. The van der Waals surface area contributed by atoms with Crippen molar-refractivity contribution in [3.05, 3.63) is 65.7 Å². The molecule has 28 heavy (non-hydrogen) atoms. The molecule has 0 radical (unpaired) electrons. The minimum atomic E-state index is -0.646. The zero-order valence-corrected chi connectivity index (χ0v) is 17.2. The predicted octanol–water partition coefficient (Wildman–Crippen LogP) is 6.15. The zero-order chi connectivity index (χ0) is 19.7. The summed E-state index contributed by atoms with van der Waals surface area (Å²) in [4.78, 5) is 7.39. The molecule has 5 rings (SSSR count). The van der Waals surface area contributed by atoms with Crippen LogP contribution in [-0.4, -0.2) is 18.0 Å². The second-order valence-corrected chi connectivity index (χ2v) is 8.80. The highest BCUT2D eigenvalue weighted by Crippen LogP contribution is 2.55. The first-order valence-electron chi connectivity index (χ1n) is 10.0. The number of nitrogens with zero attached hydrogens (tertiary/aromatic N) is 2. The van der Waals surface area contributed by atoms with E-state index in [0.29, 0.717) is 0 Å². The zero-order valence-electron chi connectivity index (χ0n) is 17.2. The number of anilines is 1. The second kappa shape index (κ2) is 5.60. The maximum Gasteiger partial charge on any atom is 0.229 e. The van der Waals surface area contributed by atoms with Gasteiger partial charge in [-0.3, -0.25) is 4.99 Å². The van der Waals surface area contributed by atoms with E-state index in [0.717, 1.165) is 16.8 Å². The molecule has 1 unspecified atom stereocenters. The Labute approximate surface area is 166 Å².